The van der Waals surface area contributed by atoms with Crippen LogP contribution in [0.3, 0.4) is 0 Å². The molecule has 1 unspecified atom stereocenters. The van der Waals surface area contributed by atoms with Crippen LogP contribution in [0.25, 0.3) is 0 Å². The van der Waals surface area contributed by atoms with Crippen molar-refractivity contribution < 1.29 is 13.2 Å². The zero-order chi connectivity index (χ0) is 12.3. The molecule has 0 radical (unpaired) electrons. The Morgan fingerprint density at radius 1 is 1.24 bits per heavy atom. The zero-order valence-electron chi connectivity index (χ0n) is 9.94. The van der Waals surface area contributed by atoms with Crippen molar-refractivity contribution in [2.75, 3.05) is 24.6 Å². The first-order chi connectivity index (χ1) is 8.05. The molecule has 1 atom stereocenters. The largest absolute Gasteiger partial charge is 0.353 e. The van der Waals surface area contributed by atoms with E-state index in [4.69, 9.17) is 0 Å². The van der Waals surface area contributed by atoms with Gasteiger partial charge in [0, 0.05) is 12.5 Å². The Morgan fingerprint density at radius 2 is 1.94 bits per heavy atom. The van der Waals surface area contributed by atoms with Crippen LogP contribution in [-0.2, 0) is 14.6 Å². The first-order valence-corrected chi connectivity index (χ1v) is 8.08. The van der Waals surface area contributed by atoms with Gasteiger partial charge in [-0.05, 0) is 38.3 Å². The predicted octanol–water partition coefficient (Wildman–Crippen LogP) is -0.321. The lowest BCUT2D eigenvalue weighted by Crippen LogP contribution is -2.43. The van der Waals surface area contributed by atoms with Crippen LogP contribution in [-0.4, -0.2) is 45.0 Å². The monoisotopic (exact) mass is 260 g/mol. The van der Waals surface area contributed by atoms with E-state index in [9.17, 15) is 13.2 Å². The second-order valence-corrected chi connectivity index (χ2v) is 7.29. The average molecular weight is 260 g/mol. The van der Waals surface area contributed by atoms with Gasteiger partial charge in [-0.1, -0.05) is 0 Å². The molecule has 2 rings (SSSR count). The quantitative estimate of drug-likeness (QED) is 0.729. The fourth-order valence-electron chi connectivity index (χ4n) is 2.55. The van der Waals surface area contributed by atoms with Crippen molar-refractivity contribution in [1.29, 1.82) is 0 Å². The van der Waals surface area contributed by atoms with Crippen molar-refractivity contribution in [2.45, 2.75) is 31.7 Å². The van der Waals surface area contributed by atoms with Gasteiger partial charge < -0.3 is 10.6 Å². The van der Waals surface area contributed by atoms with E-state index in [2.05, 4.69) is 10.6 Å². The molecule has 2 fully saturated rings. The molecule has 2 saturated heterocycles. The van der Waals surface area contributed by atoms with Crippen molar-refractivity contribution >= 4 is 15.7 Å². The van der Waals surface area contributed by atoms with E-state index in [0.29, 0.717) is 12.8 Å². The number of hydrogen-bond acceptors (Lipinski definition) is 4. The highest BCUT2D eigenvalue weighted by Gasteiger charge is 2.29. The van der Waals surface area contributed by atoms with Gasteiger partial charge in [0.05, 0.1) is 11.5 Å². The van der Waals surface area contributed by atoms with E-state index in [1.165, 1.54) is 0 Å². The number of nitrogens with one attached hydrogen (secondary N) is 2. The predicted molar refractivity (Wildman–Crippen MR) is 65.4 cm³/mol. The van der Waals surface area contributed by atoms with E-state index in [1.807, 2.05) is 0 Å². The maximum Gasteiger partial charge on any atom is 0.220 e. The molecule has 5 nitrogen and oxygen atoms in total. The van der Waals surface area contributed by atoms with Gasteiger partial charge in [-0.15, -0.1) is 0 Å². The molecule has 0 aromatic carbocycles. The normalized spacial score (nSPS) is 29.1. The van der Waals surface area contributed by atoms with Gasteiger partial charge in [-0.25, -0.2) is 8.42 Å². The first-order valence-electron chi connectivity index (χ1n) is 6.26. The smallest absolute Gasteiger partial charge is 0.220 e. The third-order valence-electron chi connectivity index (χ3n) is 3.51. The summed E-state index contributed by atoms with van der Waals surface area (Å²) in [5.74, 6) is 0.478. The van der Waals surface area contributed by atoms with Crippen LogP contribution in [0.5, 0.6) is 0 Å². The molecule has 98 valence electrons. The average Bonchev–Trinajstić information content (AvgIpc) is 2.59. The molecule has 0 aliphatic carbocycles. The molecule has 2 heterocycles. The van der Waals surface area contributed by atoms with Crippen molar-refractivity contribution in [1.82, 2.24) is 10.6 Å². The highest BCUT2D eigenvalue weighted by atomic mass is 32.2. The number of sulfone groups is 1. The summed E-state index contributed by atoms with van der Waals surface area (Å²) in [5, 5.41) is 6.24. The van der Waals surface area contributed by atoms with Gasteiger partial charge in [0.2, 0.25) is 5.91 Å². The third kappa shape index (κ3) is 3.96. The van der Waals surface area contributed by atoms with Gasteiger partial charge in [0.1, 0.15) is 0 Å². The molecule has 2 aliphatic rings. The summed E-state index contributed by atoms with van der Waals surface area (Å²) in [5.41, 5.74) is 0. The van der Waals surface area contributed by atoms with Crippen LogP contribution in [0.2, 0.25) is 0 Å². The van der Waals surface area contributed by atoms with Crippen LogP contribution in [0.4, 0.5) is 0 Å². The Hall–Kier alpha value is -0.620. The molecule has 1 amide bonds. The van der Waals surface area contributed by atoms with E-state index >= 15 is 0 Å². The van der Waals surface area contributed by atoms with E-state index < -0.39 is 9.84 Å². The van der Waals surface area contributed by atoms with Gasteiger partial charge in [-0.3, -0.25) is 4.79 Å². The molecule has 2 aliphatic heterocycles. The fourth-order valence-corrected chi connectivity index (χ4v) is 4.41. The summed E-state index contributed by atoms with van der Waals surface area (Å²) in [7, 11) is -2.86. The number of carbonyl (C=O) groups excluding carboxylic acids is 1. The SMILES string of the molecule is O=C(CC1CCS(=O)(=O)C1)NC1CCNCC1. The second-order valence-electron chi connectivity index (χ2n) is 5.06. The van der Waals surface area contributed by atoms with E-state index in [1.54, 1.807) is 0 Å². The first kappa shape index (κ1) is 12.8. The zero-order valence-corrected chi connectivity index (χ0v) is 10.8. The van der Waals surface area contributed by atoms with Crippen LogP contribution in [0.15, 0.2) is 0 Å². The summed E-state index contributed by atoms with van der Waals surface area (Å²) in [6.07, 6.45) is 2.94. The topological polar surface area (TPSA) is 75.3 Å². The molecule has 6 heteroatoms. The van der Waals surface area contributed by atoms with Gasteiger partial charge >= 0.3 is 0 Å². The maximum absolute atomic E-state index is 11.8. The minimum absolute atomic E-state index is 0.0130. The Kier molecular flexibility index (Phi) is 4.04. The summed E-state index contributed by atoms with van der Waals surface area (Å²) in [4.78, 5) is 11.8. The van der Waals surface area contributed by atoms with E-state index in [-0.39, 0.29) is 29.4 Å². The Bertz CT molecular complexity index is 374. The molecular formula is C11H20N2O3S. The highest BCUT2D eigenvalue weighted by molar-refractivity contribution is 7.91. The number of amides is 1. The van der Waals surface area contributed by atoms with E-state index in [0.717, 1.165) is 25.9 Å². The van der Waals surface area contributed by atoms with Crippen molar-refractivity contribution in [3.05, 3.63) is 0 Å². The second kappa shape index (κ2) is 5.35. The highest BCUT2D eigenvalue weighted by Crippen LogP contribution is 2.21. The summed E-state index contributed by atoms with van der Waals surface area (Å²) in [6.45, 7) is 1.89. The number of piperidine rings is 1. The van der Waals surface area contributed by atoms with Crippen molar-refractivity contribution in [3.8, 4) is 0 Å². The van der Waals surface area contributed by atoms with Crippen molar-refractivity contribution in [3.63, 3.8) is 0 Å². The summed E-state index contributed by atoms with van der Waals surface area (Å²) < 4.78 is 22.5. The minimum atomic E-state index is -2.86. The molecule has 2 N–H and O–H groups in total. The Labute approximate surface area is 102 Å². The third-order valence-corrected chi connectivity index (χ3v) is 5.34. The lowest BCUT2D eigenvalue weighted by atomic mass is 10.0. The lowest BCUT2D eigenvalue weighted by Gasteiger charge is -2.24. The molecule has 0 bridgehead atoms. The minimum Gasteiger partial charge on any atom is -0.353 e. The molecule has 0 aromatic rings. The fraction of sp³-hybridized carbons (Fsp3) is 0.909. The van der Waals surface area contributed by atoms with Crippen LogP contribution in [0.1, 0.15) is 25.7 Å². The molecule has 0 saturated carbocycles. The molecule has 0 aromatic heterocycles. The number of hydrogen-bond donors (Lipinski definition) is 2. The Balaban J connectivity index is 1.74. The van der Waals surface area contributed by atoms with Crippen molar-refractivity contribution in [2.24, 2.45) is 5.92 Å². The van der Waals surface area contributed by atoms with Gasteiger partial charge in [0.15, 0.2) is 9.84 Å². The standard InChI is InChI=1S/C11H20N2O3S/c14-11(13-10-1-4-12-5-2-10)7-9-3-6-17(15,16)8-9/h9-10,12H,1-8H2,(H,13,14). The molecule has 0 spiro atoms. The lowest BCUT2D eigenvalue weighted by molar-refractivity contribution is -0.122. The molecular weight excluding hydrogens is 240 g/mol. The van der Waals surface area contributed by atoms with Crippen LogP contribution in [0, 0.1) is 5.92 Å². The Morgan fingerprint density at radius 3 is 2.53 bits per heavy atom. The van der Waals surface area contributed by atoms with Gasteiger partial charge in [0.25, 0.3) is 0 Å². The maximum atomic E-state index is 11.8. The number of carbonyl (C=O) groups is 1. The van der Waals surface area contributed by atoms with Gasteiger partial charge in [-0.2, -0.15) is 0 Å². The van der Waals surface area contributed by atoms with Crippen LogP contribution < -0.4 is 10.6 Å². The summed E-state index contributed by atoms with van der Waals surface area (Å²) >= 11 is 0. The summed E-state index contributed by atoms with van der Waals surface area (Å²) in [6, 6.07) is 0.266. The number of rotatable bonds is 3. The molecule has 17 heavy (non-hydrogen) atoms. The van der Waals surface area contributed by atoms with Crippen LogP contribution >= 0.6 is 0 Å².